The van der Waals surface area contributed by atoms with E-state index in [1.54, 1.807) is 12.1 Å². The average molecular weight is 389 g/mol. The molecular weight excluding hydrogens is 367 g/mol. The zero-order chi connectivity index (χ0) is 19.2. The molecule has 0 unspecified atom stereocenters. The highest BCUT2D eigenvalue weighted by Crippen LogP contribution is 2.51. The molecule has 1 aromatic rings. The number of benzene rings is 1. The Balaban J connectivity index is 1.59. The van der Waals surface area contributed by atoms with Crippen molar-refractivity contribution in [2.24, 2.45) is 5.41 Å². The van der Waals surface area contributed by atoms with Crippen molar-refractivity contribution in [3.63, 3.8) is 0 Å². The SMILES string of the molecule is CS(=O)(=O)c1ccc(C2CC(NC(=O)C3(C(F)(F)F)CCCC3)C2)cc1. The molecule has 4 nitrogen and oxygen atoms in total. The van der Waals surface area contributed by atoms with E-state index < -0.39 is 27.3 Å². The van der Waals surface area contributed by atoms with Crippen LogP contribution >= 0.6 is 0 Å². The molecule has 26 heavy (non-hydrogen) atoms. The minimum Gasteiger partial charge on any atom is -0.353 e. The first-order valence-corrected chi connectivity index (χ1v) is 10.6. The van der Waals surface area contributed by atoms with E-state index in [2.05, 4.69) is 5.32 Å². The summed E-state index contributed by atoms with van der Waals surface area (Å²) in [6, 6.07) is 6.27. The Kier molecular flexibility index (Phi) is 4.83. The third-order valence-corrected chi connectivity index (χ3v) is 6.82. The summed E-state index contributed by atoms with van der Waals surface area (Å²) >= 11 is 0. The van der Waals surface area contributed by atoms with Gasteiger partial charge in [0.15, 0.2) is 9.84 Å². The smallest absolute Gasteiger partial charge is 0.353 e. The number of carbonyl (C=O) groups is 1. The first-order chi connectivity index (χ1) is 12.0. The summed E-state index contributed by atoms with van der Waals surface area (Å²) in [6.07, 6.45) is -1.67. The second-order valence-electron chi connectivity index (χ2n) is 7.47. The molecule has 0 radical (unpaired) electrons. The second-order valence-corrected chi connectivity index (χ2v) is 9.48. The molecule has 0 atom stereocenters. The van der Waals surface area contributed by atoms with Crippen LogP contribution in [-0.4, -0.2) is 32.8 Å². The van der Waals surface area contributed by atoms with E-state index in [0.717, 1.165) is 11.8 Å². The van der Waals surface area contributed by atoms with Gasteiger partial charge in [-0.3, -0.25) is 4.79 Å². The van der Waals surface area contributed by atoms with Crippen LogP contribution in [0.1, 0.15) is 50.0 Å². The van der Waals surface area contributed by atoms with Crippen LogP contribution in [0.4, 0.5) is 13.2 Å². The summed E-state index contributed by atoms with van der Waals surface area (Å²) in [5.74, 6) is -0.766. The molecule has 0 aromatic heterocycles. The minimum atomic E-state index is -4.52. The van der Waals surface area contributed by atoms with Crippen LogP contribution in [0.5, 0.6) is 0 Å². The number of rotatable bonds is 4. The Hall–Kier alpha value is -1.57. The lowest BCUT2D eigenvalue weighted by molar-refractivity contribution is -0.220. The van der Waals surface area contributed by atoms with Crippen LogP contribution in [0.3, 0.4) is 0 Å². The van der Waals surface area contributed by atoms with E-state index in [-0.39, 0.29) is 29.7 Å². The van der Waals surface area contributed by atoms with Gasteiger partial charge in [0.1, 0.15) is 5.41 Å². The largest absolute Gasteiger partial charge is 0.403 e. The Morgan fingerprint density at radius 3 is 2.12 bits per heavy atom. The predicted molar refractivity (Wildman–Crippen MR) is 90.4 cm³/mol. The average Bonchev–Trinajstić information content (AvgIpc) is 3.00. The van der Waals surface area contributed by atoms with Crippen molar-refractivity contribution < 1.29 is 26.4 Å². The summed E-state index contributed by atoms with van der Waals surface area (Å²) < 4.78 is 63.2. The highest BCUT2D eigenvalue weighted by atomic mass is 32.2. The van der Waals surface area contributed by atoms with Crippen molar-refractivity contribution in [2.75, 3.05) is 6.26 Å². The van der Waals surface area contributed by atoms with E-state index >= 15 is 0 Å². The molecule has 2 saturated carbocycles. The van der Waals surface area contributed by atoms with Crippen LogP contribution in [0.25, 0.3) is 0 Å². The van der Waals surface area contributed by atoms with Crippen LogP contribution in [0.15, 0.2) is 29.2 Å². The van der Waals surface area contributed by atoms with Gasteiger partial charge in [-0.1, -0.05) is 25.0 Å². The van der Waals surface area contributed by atoms with Gasteiger partial charge in [-0.05, 0) is 49.3 Å². The monoisotopic (exact) mass is 389 g/mol. The molecule has 2 aliphatic carbocycles. The second kappa shape index (κ2) is 6.55. The molecule has 0 saturated heterocycles. The van der Waals surface area contributed by atoms with Gasteiger partial charge in [0, 0.05) is 12.3 Å². The third-order valence-electron chi connectivity index (χ3n) is 5.69. The number of nitrogens with one attached hydrogen (secondary N) is 1. The molecule has 0 bridgehead atoms. The van der Waals surface area contributed by atoms with E-state index in [0.29, 0.717) is 25.7 Å². The zero-order valence-electron chi connectivity index (χ0n) is 14.5. The molecule has 8 heteroatoms. The van der Waals surface area contributed by atoms with E-state index in [1.165, 1.54) is 12.1 Å². The van der Waals surface area contributed by atoms with Gasteiger partial charge in [-0.15, -0.1) is 0 Å². The zero-order valence-corrected chi connectivity index (χ0v) is 15.3. The fourth-order valence-electron chi connectivity index (χ4n) is 3.94. The normalized spacial score (nSPS) is 25.5. The number of alkyl halides is 3. The van der Waals surface area contributed by atoms with E-state index in [4.69, 9.17) is 0 Å². The van der Waals surface area contributed by atoms with E-state index in [9.17, 15) is 26.4 Å². The number of amides is 1. The van der Waals surface area contributed by atoms with Gasteiger partial charge in [-0.25, -0.2) is 8.42 Å². The van der Waals surface area contributed by atoms with Gasteiger partial charge < -0.3 is 5.32 Å². The van der Waals surface area contributed by atoms with Crippen LogP contribution in [0, 0.1) is 5.41 Å². The first kappa shape index (κ1) is 19.2. The number of hydrogen-bond donors (Lipinski definition) is 1. The molecule has 0 heterocycles. The summed E-state index contributed by atoms with van der Waals surface area (Å²) in [7, 11) is -3.25. The maximum Gasteiger partial charge on any atom is 0.403 e. The molecule has 2 fully saturated rings. The lowest BCUT2D eigenvalue weighted by atomic mass is 9.75. The van der Waals surface area contributed by atoms with Crippen molar-refractivity contribution in [3.05, 3.63) is 29.8 Å². The van der Waals surface area contributed by atoms with Crippen LogP contribution in [-0.2, 0) is 14.6 Å². The summed E-state index contributed by atoms with van der Waals surface area (Å²) in [6.45, 7) is 0. The van der Waals surface area contributed by atoms with Gasteiger partial charge in [0.25, 0.3) is 0 Å². The maximum absolute atomic E-state index is 13.4. The quantitative estimate of drug-likeness (QED) is 0.856. The standard InChI is InChI=1S/C18H22F3NO3S/c1-26(24,25)15-6-4-12(5-7-15)13-10-14(11-13)22-16(23)17(18(19,20)21)8-2-3-9-17/h4-7,13-14H,2-3,8-11H2,1H3,(H,22,23). The number of carbonyl (C=O) groups excluding carboxylic acids is 1. The van der Waals surface area contributed by atoms with Crippen molar-refractivity contribution in [2.45, 2.75) is 61.6 Å². The highest BCUT2D eigenvalue weighted by molar-refractivity contribution is 7.90. The van der Waals surface area contributed by atoms with Crippen molar-refractivity contribution in [3.8, 4) is 0 Å². The summed E-state index contributed by atoms with van der Waals surface area (Å²) in [5, 5.41) is 2.59. The predicted octanol–water partition coefficient (Wildman–Crippen LogP) is 3.58. The van der Waals surface area contributed by atoms with Crippen LogP contribution in [0.2, 0.25) is 0 Å². The molecule has 0 spiro atoms. The molecule has 1 aromatic carbocycles. The molecule has 1 amide bonds. The number of hydrogen-bond acceptors (Lipinski definition) is 3. The fourth-order valence-corrected chi connectivity index (χ4v) is 4.57. The first-order valence-electron chi connectivity index (χ1n) is 8.71. The Morgan fingerprint density at radius 1 is 1.12 bits per heavy atom. The number of sulfone groups is 1. The fraction of sp³-hybridized carbons (Fsp3) is 0.611. The van der Waals surface area contributed by atoms with Crippen molar-refractivity contribution >= 4 is 15.7 Å². The Bertz CT molecular complexity index is 775. The van der Waals surface area contributed by atoms with Gasteiger partial charge in [0.05, 0.1) is 4.90 Å². The van der Waals surface area contributed by atoms with Gasteiger partial charge >= 0.3 is 6.18 Å². The molecule has 0 aliphatic heterocycles. The lowest BCUT2D eigenvalue weighted by Crippen LogP contribution is -2.54. The molecule has 3 rings (SSSR count). The minimum absolute atomic E-state index is 0.124. The van der Waals surface area contributed by atoms with Gasteiger partial charge in [0.2, 0.25) is 5.91 Å². The third kappa shape index (κ3) is 3.48. The van der Waals surface area contributed by atoms with E-state index in [1.807, 2.05) is 0 Å². The molecular formula is C18H22F3NO3S. The summed E-state index contributed by atoms with van der Waals surface area (Å²) in [5.41, 5.74) is -1.29. The van der Waals surface area contributed by atoms with Crippen LogP contribution < -0.4 is 5.32 Å². The summed E-state index contributed by atoms with van der Waals surface area (Å²) in [4.78, 5) is 12.6. The lowest BCUT2D eigenvalue weighted by Gasteiger charge is -2.39. The number of halogens is 3. The Labute approximate surface area is 151 Å². The topological polar surface area (TPSA) is 63.2 Å². The molecule has 144 valence electrons. The van der Waals surface area contributed by atoms with Crippen molar-refractivity contribution in [1.29, 1.82) is 0 Å². The molecule has 2 aliphatic rings. The molecule has 1 N–H and O–H groups in total. The van der Waals surface area contributed by atoms with Gasteiger partial charge in [-0.2, -0.15) is 13.2 Å². The van der Waals surface area contributed by atoms with Crippen molar-refractivity contribution in [1.82, 2.24) is 5.32 Å². The highest BCUT2D eigenvalue weighted by Gasteiger charge is 2.61. The maximum atomic E-state index is 13.4. The Morgan fingerprint density at radius 2 is 1.65 bits per heavy atom.